The summed E-state index contributed by atoms with van der Waals surface area (Å²) in [5.41, 5.74) is -1.09. The Kier molecular flexibility index (Phi) is 4.38. The number of nitrogens with zero attached hydrogens (tertiary/aromatic N) is 1. The van der Waals surface area contributed by atoms with Crippen molar-refractivity contribution in [3.63, 3.8) is 0 Å². The van der Waals surface area contributed by atoms with Crippen LogP contribution in [0.2, 0.25) is 0 Å². The van der Waals surface area contributed by atoms with E-state index in [-0.39, 0.29) is 5.75 Å². The first-order chi connectivity index (χ1) is 3.81. The SMILES string of the molecule is C=CC(F)SCC#N. The number of thioether (sulfide) groups is 1. The summed E-state index contributed by atoms with van der Waals surface area (Å²) >= 11 is 0.931. The lowest BCUT2D eigenvalue weighted by molar-refractivity contribution is 0.521. The molecule has 0 rings (SSSR count). The number of nitriles is 1. The van der Waals surface area contributed by atoms with Gasteiger partial charge in [0.2, 0.25) is 0 Å². The summed E-state index contributed by atoms with van der Waals surface area (Å²) in [5.74, 6) is 0.188. The zero-order chi connectivity index (χ0) is 6.41. The van der Waals surface area contributed by atoms with Crippen molar-refractivity contribution in [2.24, 2.45) is 0 Å². The third kappa shape index (κ3) is 3.69. The first-order valence-corrected chi connectivity index (χ1v) is 3.11. The van der Waals surface area contributed by atoms with E-state index in [4.69, 9.17) is 5.26 Å². The molecule has 0 aromatic carbocycles. The largest absolute Gasteiger partial charge is 0.231 e. The van der Waals surface area contributed by atoms with Gasteiger partial charge in [0.05, 0.1) is 11.8 Å². The van der Waals surface area contributed by atoms with Gasteiger partial charge in [-0.05, 0) is 6.08 Å². The van der Waals surface area contributed by atoms with Crippen molar-refractivity contribution in [1.82, 2.24) is 0 Å². The van der Waals surface area contributed by atoms with Crippen molar-refractivity contribution in [2.75, 3.05) is 5.75 Å². The minimum atomic E-state index is -1.09. The van der Waals surface area contributed by atoms with Crippen molar-refractivity contribution in [1.29, 1.82) is 5.26 Å². The predicted octanol–water partition coefficient (Wildman–Crippen LogP) is 1.72. The molecule has 0 saturated heterocycles. The standard InChI is InChI=1S/C5H6FNS/c1-2-5(6)8-4-3-7/h2,5H,1,4H2. The Bertz CT molecular complexity index is 107. The molecule has 1 atom stereocenters. The zero-order valence-electron chi connectivity index (χ0n) is 4.30. The fourth-order valence-electron chi connectivity index (χ4n) is 0.185. The Morgan fingerprint density at radius 1 is 2.00 bits per heavy atom. The van der Waals surface area contributed by atoms with E-state index in [1.165, 1.54) is 6.08 Å². The van der Waals surface area contributed by atoms with Gasteiger partial charge in [0.25, 0.3) is 0 Å². The topological polar surface area (TPSA) is 23.8 Å². The molecule has 0 aliphatic rings. The highest BCUT2D eigenvalue weighted by molar-refractivity contribution is 8.00. The summed E-state index contributed by atoms with van der Waals surface area (Å²) in [6.07, 6.45) is 1.17. The fourth-order valence-corrected chi connectivity index (χ4v) is 0.555. The molecule has 0 saturated carbocycles. The maximum atomic E-state index is 12.0. The molecule has 0 heterocycles. The second-order valence-corrected chi connectivity index (χ2v) is 2.13. The summed E-state index contributed by atoms with van der Waals surface area (Å²) < 4.78 is 12.0. The third-order valence-corrected chi connectivity index (χ3v) is 1.30. The summed E-state index contributed by atoms with van der Waals surface area (Å²) in [5, 5.41) is 7.94. The molecule has 0 aliphatic heterocycles. The molecule has 0 aromatic rings. The van der Waals surface area contributed by atoms with Crippen LogP contribution >= 0.6 is 11.8 Å². The lowest BCUT2D eigenvalue weighted by Crippen LogP contribution is -1.85. The molecule has 8 heavy (non-hydrogen) atoms. The van der Waals surface area contributed by atoms with E-state index < -0.39 is 5.50 Å². The molecule has 0 amide bonds. The molecule has 0 N–H and O–H groups in total. The predicted molar refractivity (Wildman–Crippen MR) is 33.2 cm³/mol. The molecule has 0 fully saturated rings. The maximum Gasteiger partial charge on any atom is 0.165 e. The van der Waals surface area contributed by atoms with Crippen LogP contribution in [0.5, 0.6) is 0 Å². The zero-order valence-corrected chi connectivity index (χ0v) is 5.12. The van der Waals surface area contributed by atoms with Crippen LogP contribution in [0.1, 0.15) is 0 Å². The van der Waals surface area contributed by atoms with E-state index in [1.807, 2.05) is 6.07 Å². The Morgan fingerprint density at radius 2 is 2.62 bits per heavy atom. The Labute approximate surface area is 52.2 Å². The highest BCUT2D eigenvalue weighted by Gasteiger charge is 1.96. The maximum absolute atomic E-state index is 12.0. The van der Waals surface area contributed by atoms with Gasteiger partial charge in [-0.3, -0.25) is 0 Å². The van der Waals surface area contributed by atoms with Gasteiger partial charge in [0.15, 0.2) is 5.50 Å². The molecule has 1 unspecified atom stereocenters. The monoisotopic (exact) mass is 131 g/mol. The average Bonchev–Trinajstić information content (AvgIpc) is 1.83. The van der Waals surface area contributed by atoms with Gasteiger partial charge in [0.1, 0.15) is 0 Å². The van der Waals surface area contributed by atoms with E-state index in [9.17, 15) is 4.39 Å². The number of hydrogen-bond acceptors (Lipinski definition) is 2. The fraction of sp³-hybridized carbons (Fsp3) is 0.400. The van der Waals surface area contributed by atoms with E-state index in [0.717, 1.165) is 11.8 Å². The lowest BCUT2D eigenvalue weighted by Gasteiger charge is -1.93. The van der Waals surface area contributed by atoms with Crippen LogP contribution in [0.15, 0.2) is 12.7 Å². The Morgan fingerprint density at radius 3 is 3.00 bits per heavy atom. The summed E-state index contributed by atoms with van der Waals surface area (Å²) in [4.78, 5) is 0. The molecule has 0 radical (unpaired) electrons. The van der Waals surface area contributed by atoms with E-state index in [2.05, 4.69) is 6.58 Å². The molecule has 3 heteroatoms. The van der Waals surface area contributed by atoms with Crippen molar-refractivity contribution >= 4 is 11.8 Å². The van der Waals surface area contributed by atoms with Crippen LogP contribution in [0, 0.1) is 11.3 Å². The normalized spacial score (nSPS) is 12.0. The minimum absolute atomic E-state index is 0.188. The van der Waals surface area contributed by atoms with E-state index in [0.29, 0.717) is 0 Å². The molecule has 44 valence electrons. The highest BCUT2D eigenvalue weighted by atomic mass is 32.2. The van der Waals surface area contributed by atoms with E-state index >= 15 is 0 Å². The minimum Gasteiger partial charge on any atom is -0.231 e. The van der Waals surface area contributed by atoms with Gasteiger partial charge in [-0.2, -0.15) is 5.26 Å². The molecule has 0 aromatic heterocycles. The van der Waals surface area contributed by atoms with Crippen molar-refractivity contribution < 1.29 is 4.39 Å². The first kappa shape index (κ1) is 7.51. The van der Waals surface area contributed by atoms with Crippen LogP contribution in [0.3, 0.4) is 0 Å². The van der Waals surface area contributed by atoms with Crippen molar-refractivity contribution in [3.05, 3.63) is 12.7 Å². The lowest BCUT2D eigenvalue weighted by atomic mass is 10.7. The number of hydrogen-bond donors (Lipinski definition) is 0. The highest BCUT2D eigenvalue weighted by Crippen LogP contribution is 2.10. The average molecular weight is 131 g/mol. The van der Waals surface area contributed by atoms with Crippen LogP contribution in [0.4, 0.5) is 4.39 Å². The molecule has 0 bridgehead atoms. The van der Waals surface area contributed by atoms with Crippen LogP contribution in [-0.2, 0) is 0 Å². The van der Waals surface area contributed by atoms with Gasteiger partial charge in [-0.15, -0.1) is 11.8 Å². The van der Waals surface area contributed by atoms with Gasteiger partial charge in [-0.25, -0.2) is 4.39 Å². The van der Waals surface area contributed by atoms with Crippen LogP contribution < -0.4 is 0 Å². The second kappa shape index (κ2) is 4.66. The first-order valence-electron chi connectivity index (χ1n) is 2.06. The van der Waals surface area contributed by atoms with Gasteiger partial charge in [-0.1, -0.05) is 6.58 Å². The Balaban J connectivity index is 3.13. The second-order valence-electron chi connectivity index (χ2n) is 1.06. The van der Waals surface area contributed by atoms with Crippen LogP contribution in [0.25, 0.3) is 0 Å². The summed E-state index contributed by atoms with van der Waals surface area (Å²) in [7, 11) is 0. The smallest absolute Gasteiger partial charge is 0.165 e. The third-order valence-electron chi connectivity index (χ3n) is 0.492. The molecule has 1 nitrogen and oxygen atoms in total. The van der Waals surface area contributed by atoms with E-state index in [1.54, 1.807) is 0 Å². The van der Waals surface area contributed by atoms with Gasteiger partial charge < -0.3 is 0 Å². The van der Waals surface area contributed by atoms with Gasteiger partial charge in [0, 0.05) is 0 Å². The Hall–Kier alpha value is -0.490. The summed E-state index contributed by atoms with van der Waals surface area (Å²) in [6.45, 7) is 3.21. The van der Waals surface area contributed by atoms with Crippen LogP contribution in [-0.4, -0.2) is 11.3 Å². The molecule has 0 aliphatic carbocycles. The van der Waals surface area contributed by atoms with Crippen molar-refractivity contribution in [2.45, 2.75) is 5.50 Å². The number of halogens is 1. The molecular weight excluding hydrogens is 125 g/mol. The summed E-state index contributed by atoms with van der Waals surface area (Å²) in [6, 6.07) is 1.81. The van der Waals surface area contributed by atoms with Crippen molar-refractivity contribution in [3.8, 4) is 6.07 Å². The number of alkyl halides is 1. The molecular formula is C5H6FNS. The quantitative estimate of drug-likeness (QED) is 0.544. The van der Waals surface area contributed by atoms with Gasteiger partial charge >= 0.3 is 0 Å². The number of rotatable bonds is 3. The molecule has 0 spiro atoms.